The molecule has 0 saturated heterocycles. The van der Waals surface area contributed by atoms with Crippen molar-refractivity contribution in [3.63, 3.8) is 0 Å². The molecule has 1 aliphatic heterocycles. The molecule has 0 unspecified atom stereocenters. The Labute approximate surface area is 229 Å². The summed E-state index contributed by atoms with van der Waals surface area (Å²) in [4.78, 5) is 44.5. The van der Waals surface area contributed by atoms with Crippen LogP contribution in [0.4, 0.5) is 5.69 Å². The van der Waals surface area contributed by atoms with E-state index in [1.54, 1.807) is 15.9 Å². The molecule has 4 aromatic rings. The molecule has 198 valence electrons. The van der Waals surface area contributed by atoms with Gasteiger partial charge in [-0.05, 0) is 42.0 Å². The second-order valence-corrected chi connectivity index (χ2v) is 10.1. The van der Waals surface area contributed by atoms with Gasteiger partial charge in [-0.15, -0.1) is 0 Å². The van der Waals surface area contributed by atoms with E-state index < -0.39 is 6.04 Å². The Morgan fingerprint density at radius 3 is 2.15 bits per heavy atom. The maximum Gasteiger partial charge on any atom is 0.259 e. The Morgan fingerprint density at radius 2 is 1.49 bits per heavy atom. The second kappa shape index (κ2) is 11.5. The predicted octanol–water partition coefficient (Wildman–Crippen LogP) is 5.35. The molecule has 1 N–H and O–H groups in total. The number of hydrogen-bond acceptors (Lipinski definition) is 3. The van der Waals surface area contributed by atoms with Gasteiger partial charge in [0.2, 0.25) is 11.8 Å². The van der Waals surface area contributed by atoms with Crippen molar-refractivity contribution < 1.29 is 14.4 Å². The third-order valence-electron chi connectivity index (χ3n) is 7.41. The van der Waals surface area contributed by atoms with E-state index in [4.69, 9.17) is 0 Å². The summed E-state index contributed by atoms with van der Waals surface area (Å²) >= 11 is 0. The van der Waals surface area contributed by atoms with Crippen molar-refractivity contribution >= 4 is 34.2 Å². The number of carbonyl (C=O) groups excluding carboxylic acids is 3. The lowest BCUT2D eigenvalue weighted by molar-refractivity contribution is -0.140. The number of anilines is 1. The first-order chi connectivity index (χ1) is 19.0. The van der Waals surface area contributed by atoms with E-state index >= 15 is 0 Å². The predicted molar refractivity (Wildman–Crippen MR) is 154 cm³/mol. The van der Waals surface area contributed by atoms with Crippen LogP contribution in [0.25, 0.3) is 10.8 Å². The van der Waals surface area contributed by atoms with Gasteiger partial charge in [-0.2, -0.15) is 0 Å². The topological polar surface area (TPSA) is 69.7 Å². The Balaban J connectivity index is 1.50. The molecule has 2 atom stereocenters. The first kappa shape index (κ1) is 26.2. The van der Waals surface area contributed by atoms with Crippen LogP contribution >= 0.6 is 0 Å². The maximum atomic E-state index is 14.2. The van der Waals surface area contributed by atoms with Crippen LogP contribution in [0.3, 0.4) is 0 Å². The minimum Gasteiger partial charge on any atom is -0.352 e. The summed E-state index contributed by atoms with van der Waals surface area (Å²) in [5, 5.41) is 4.92. The Hall–Kier alpha value is -4.45. The van der Waals surface area contributed by atoms with Crippen LogP contribution in [-0.2, 0) is 22.6 Å². The molecule has 1 aliphatic rings. The van der Waals surface area contributed by atoms with Crippen molar-refractivity contribution in [1.82, 2.24) is 10.2 Å². The highest BCUT2D eigenvalue weighted by molar-refractivity contribution is 6.26. The summed E-state index contributed by atoms with van der Waals surface area (Å²) in [5.41, 5.74) is 3.20. The fourth-order valence-corrected chi connectivity index (χ4v) is 5.14. The monoisotopic (exact) mass is 519 g/mol. The van der Waals surface area contributed by atoms with Gasteiger partial charge in [0.05, 0.1) is 5.69 Å². The standard InChI is InChI=1S/C33H33N3O3/c1-3-23(2)34-32(38)29(20-24-12-6-4-7-13-24)35(21-25-14-8-5-9-15-25)30(37)22-36-28-19-11-17-26-16-10-18-27(31(26)28)33(36)39/h4-19,23,29H,3,20-22H2,1-2H3,(H,34,38)/t23-,29-/m1/s1. The van der Waals surface area contributed by atoms with Gasteiger partial charge in [0.15, 0.2) is 0 Å². The van der Waals surface area contributed by atoms with Crippen LogP contribution in [0.1, 0.15) is 41.8 Å². The summed E-state index contributed by atoms with van der Waals surface area (Å²) in [6.07, 6.45) is 1.15. The van der Waals surface area contributed by atoms with Gasteiger partial charge in [0.25, 0.3) is 5.91 Å². The van der Waals surface area contributed by atoms with Gasteiger partial charge in [-0.1, -0.05) is 91.9 Å². The lowest BCUT2D eigenvalue weighted by atomic mass is 10.0. The van der Waals surface area contributed by atoms with Crippen LogP contribution in [0.2, 0.25) is 0 Å². The van der Waals surface area contributed by atoms with E-state index in [0.717, 1.165) is 34.0 Å². The highest BCUT2D eigenvalue weighted by Crippen LogP contribution is 2.37. The van der Waals surface area contributed by atoms with Crippen LogP contribution in [0, 0.1) is 0 Å². The Bertz CT molecular complexity index is 1480. The van der Waals surface area contributed by atoms with Crippen molar-refractivity contribution in [1.29, 1.82) is 0 Å². The highest BCUT2D eigenvalue weighted by Gasteiger charge is 2.36. The number of benzene rings is 4. The average molecular weight is 520 g/mol. The van der Waals surface area contributed by atoms with Crippen molar-refractivity contribution in [3.8, 4) is 0 Å². The molecular formula is C33H33N3O3. The molecule has 6 heteroatoms. The molecule has 0 radical (unpaired) electrons. The van der Waals surface area contributed by atoms with Crippen LogP contribution in [0.5, 0.6) is 0 Å². The summed E-state index contributed by atoms with van der Waals surface area (Å²) < 4.78 is 0. The number of rotatable bonds is 10. The van der Waals surface area contributed by atoms with E-state index in [2.05, 4.69) is 5.32 Å². The molecule has 0 fully saturated rings. The van der Waals surface area contributed by atoms with E-state index in [1.807, 2.05) is 105 Å². The molecule has 4 aromatic carbocycles. The molecular weight excluding hydrogens is 486 g/mol. The molecule has 0 aliphatic carbocycles. The summed E-state index contributed by atoms with van der Waals surface area (Å²) in [6, 6.07) is 30.0. The minimum absolute atomic E-state index is 0.0308. The molecule has 0 bridgehead atoms. The van der Waals surface area contributed by atoms with Crippen molar-refractivity contribution in [2.45, 2.75) is 45.3 Å². The average Bonchev–Trinajstić information content (AvgIpc) is 3.23. The van der Waals surface area contributed by atoms with Crippen molar-refractivity contribution in [2.24, 2.45) is 0 Å². The molecule has 0 aromatic heterocycles. The second-order valence-electron chi connectivity index (χ2n) is 10.1. The fraction of sp³-hybridized carbons (Fsp3) is 0.242. The molecule has 6 nitrogen and oxygen atoms in total. The molecule has 3 amide bonds. The maximum absolute atomic E-state index is 14.2. The third kappa shape index (κ3) is 5.55. The normalized spacial score (nSPS) is 13.8. The molecule has 5 rings (SSSR count). The summed E-state index contributed by atoms with van der Waals surface area (Å²) in [5.74, 6) is -0.675. The first-order valence-electron chi connectivity index (χ1n) is 13.5. The number of nitrogens with zero attached hydrogens (tertiary/aromatic N) is 2. The van der Waals surface area contributed by atoms with Gasteiger partial charge in [0, 0.05) is 30.0 Å². The zero-order valence-electron chi connectivity index (χ0n) is 22.3. The number of nitrogens with one attached hydrogen (secondary N) is 1. The molecule has 0 spiro atoms. The van der Waals surface area contributed by atoms with Crippen LogP contribution in [0.15, 0.2) is 97.1 Å². The van der Waals surface area contributed by atoms with E-state index in [-0.39, 0.29) is 36.9 Å². The zero-order valence-corrected chi connectivity index (χ0v) is 22.3. The van der Waals surface area contributed by atoms with Crippen LogP contribution < -0.4 is 10.2 Å². The van der Waals surface area contributed by atoms with E-state index in [9.17, 15) is 14.4 Å². The Morgan fingerprint density at radius 1 is 0.846 bits per heavy atom. The fourth-order valence-electron chi connectivity index (χ4n) is 5.14. The van der Waals surface area contributed by atoms with E-state index in [0.29, 0.717) is 12.0 Å². The number of hydrogen-bond donors (Lipinski definition) is 1. The molecule has 0 saturated carbocycles. The van der Waals surface area contributed by atoms with Gasteiger partial charge < -0.3 is 10.2 Å². The summed E-state index contributed by atoms with van der Waals surface area (Å²) in [6.45, 7) is 4.08. The molecule has 1 heterocycles. The van der Waals surface area contributed by atoms with Crippen LogP contribution in [-0.4, -0.2) is 41.2 Å². The lowest BCUT2D eigenvalue weighted by Crippen LogP contribution is -2.54. The summed E-state index contributed by atoms with van der Waals surface area (Å²) in [7, 11) is 0. The van der Waals surface area contributed by atoms with E-state index in [1.165, 1.54) is 0 Å². The molecule has 39 heavy (non-hydrogen) atoms. The lowest BCUT2D eigenvalue weighted by Gasteiger charge is -2.33. The minimum atomic E-state index is -0.745. The highest BCUT2D eigenvalue weighted by atomic mass is 16.2. The quantitative estimate of drug-likeness (QED) is 0.307. The zero-order chi connectivity index (χ0) is 27.4. The SMILES string of the molecule is CC[C@@H](C)NC(=O)[C@@H](Cc1ccccc1)N(Cc1ccccc1)C(=O)CN1C(=O)c2cccc3cccc1c23. The smallest absolute Gasteiger partial charge is 0.259 e. The first-order valence-corrected chi connectivity index (χ1v) is 13.5. The Kier molecular flexibility index (Phi) is 7.73. The van der Waals surface area contributed by atoms with Gasteiger partial charge in [-0.3, -0.25) is 19.3 Å². The third-order valence-corrected chi connectivity index (χ3v) is 7.41. The van der Waals surface area contributed by atoms with Gasteiger partial charge in [-0.25, -0.2) is 0 Å². The van der Waals surface area contributed by atoms with Crippen molar-refractivity contribution in [2.75, 3.05) is 11.4 Å². The van der Waals surface area contributed by atoms with Crippen molar-refractivity contribution in [3.05, 3.63) is 114 Å². The largest absolute Gasteiger partial charge is 0.352 e. The number of amides is 3. The van der Waals surface area contributed by atoms with Gasteiger partial charge >= 0.3 is 0 Å². The van der Waals surface area contributed by atoms with Gasteiger partial charge in [0.1, 0.15) is 12.6 Å². The number of carbonyl (C=O) groups is 3.